The van der Waals surface area contributed by atoms with E-state index in [9.17, 15) is 21.6 Å². The molecule has 3 aromatic heterocycles. The Bertz CT molecular complexity index is 1030. The monoisotopic (exact) mass is 353 g/mol. The SMILES string of the molecule is Cc1nc(S(=O)(=O)n2ccc(F)c2-c2cccnc2F)ccc1F. The van der Waals surface area contributed by atoms with Gasteiger partial charge in [0.15, 0.2) is 5.03 Å². The van der Waals surface area contributed by atoms with Crippen LogP contribution in [-0.4, -0.2) is 22.4 Å². The maximum absolute atomic E-state index is 14.1. The Morgan fingerprint density at radius 3 is 2.46 bits per heavy atom. The first-order valence-electron chi connectivity index (χ1n) is 6.69. The minimum absolute atomic E-state index is 0.127. The van der Waals surface area contributed by atoms with Gasteiger partial charge in [0.25, 0.3) is 10.0 Å². The third-order valence-corrected chi connectivity index (χ3v) is 4.91. The smallest absolute Gasteiger partial charge is 0.237 e. The number of rotatable bonds is 3. The van der Waals surface area contributed by atoms with E-state index in [4.69, 9.17) is 0 Å². The van der Waals surface area contributed by atoms with E-state index in [0.717, 1.165) is 30.6 Å². The fraction of sp³-hybridized carbons (Fsp3) is 0.0667. The van der Waals surface area contributed by atoms with Crippen molar-refractivity contribution in [1.82, 2.24) is 13.9 Å². The third-order valence-electron chi connectivity index (χ3n) is 3.34. The Hall–Kier alpha value is -2.68. The highest BCUT2D eigenvalue weighted by atomic mass is 32.2. The van der Waals surface area contributed by atoms with Crippen molar-refractivity contribution in [2.75, 3.05) is 0 Å². The van der Waals surface area contributed by atoms with Crippen molar-refractivity contribution in [3.8, 4) is 11.3 Å². The molecule has 0 N–H and O–H groups in total. The van der Waals surface area contributed by atoms with Crippen LogP contribution in [0.5, 0.6) is 0 Å². The van der Waals surface area contributed by atoms with Crippen LogP contribution in [0.2, 0.25) is 0 Å². The van der Waals surface area contributed by atoms with E-state index in [1.165, 1.54) is 19.1 Å². The van der Waals surface area contributed by atoms with Crippen LogP contribution in [0.1, 0.15) is 5.69 Å². The average Bonchev–Trinajstić information content (AvgIpc) is 2.93. The Kier molecular flexibility index (Phi) is 3.88. The molecule has 0 bridgehead atoms. The second kappa shape index (κ2) is 5.75. The van der Waals surface area contributed by atoms with Crippen LogP contribution in [-0.2, 0) is 10.0 Å². The summed E-state index contributed by atoms with van der Waals surface area (Å²) in [7, 11) is -4.35. The molecular formula is C15H10F3N3O2S. The van der Waals surface area contributed by atoms with Gasteiger partial charge in [-0.3, -0.25) is 0 Å². The van der Waals surface area contributed by atoms with E-state index in [1.807, 2.05) is 0 Å². The predicted octanol–water partition coefficient (Wildman–Crippen LogP) is 2.91. The average molecular weight is 353 g/mol. The molecule has 0 radical (unpaired) electrons. The van der Waals surface area contributed by atoms with E-state index in [-0.39, 0.29) is 11.3 Å². The summed E-state index contributed by atoms with van der Waals surface area (Å²) in [5, 5.41) is -0.484. The van der Waals surface area contributed by atoms with Crippen molar-refractivity contribution in [2.45, 2.75) is 11.9 Å². The van der Waals surface area contributed by atoms with Crippen LogP contribution in [0, 0.1) is 24.5 Å². The molecule has 0 saturated heterocycles. The van der Waals surface area contributed by atoms with Crippen LogP contribution >= 0.6 is 0 Å². The summed E-state index contributed by atoms with van der Waals surface area (Å²) in [6.45, 7) is 1.30. The fourth-order valence-electron chi connectivity index (χ4n) is 2.17. The van der Waals surface area contributed by atoms with Crippen molar-refractivity contribution in [2.24, 2.45) is 0 Å². The molecule has 24 heavy (non-hydrogen) atoms. The summed E-state index contributed by atoms with van der Waals surface area (Å²) in [4.78, 5) is 7.06. The quantitative estimate of drug-likeness (QED) is 0.679. The molecule has 0 aliphatic rings. The van der Waals surface area contributed by atoms with Crippen LogP contribution < -0.4 is 0 Å². The summed E-state index contributed by atoms with van der Waals surface area (Å²) in [5.74, 6) is -2.63. The maximum Gasteiger partial charge on any atom is 0.285 e. The van der Waals surface area contributed by atoms with E-state index < -0.39 is 38.3 Å². The van der Waals surface area contributed by atoms with Gasteiger partial charge in [-0.2, -0.15) is 12.8 Å². The van der Waals surface area contributed by atoms with E-state index in [1.54, 1.807) is 0 Å². The minimum atomic E-state index is -4.35. The van der Waals surface area contributed by atoms with Crippen LogP contribution in [0.25, 0.3) is 11.3 Å². The molecule has 5 nitrogen and oxygen atoms in total. The number of hydrogen-bond donors (Lipinski definition) is 0. The van der Waals surface area contributed by atoms with Crippen LogP contribution in [0.4, 0.5) is 13.2 Å². The van der Waals surface area contributed by atoms with Crippen LogP contribution in [0.15, 0.2) is 47.8 Å². The Morgan fingerprint density at radius 2 is 1.79 bits per heavy atom. The number of nitrogens with zero attached hydrogens (tertiary/aromatic N) is 3. The second-order valence-electron chi connectivity index (χ2n) is 4.87. The molecule has 3 rings (SSSR count). The zero-order valence-electron chi connectivity index (χ0n) is 12.2. The topological polar surface area (TPSA) is 64.8 Å². The fourth-order valence-corrected chi connectivity index (χ4v) is 3.51. The number of aromatic nitrogens is 3. The number of hydrogen-bond acceptors (Lipinski definition) is 4. The van der Waals surface area contributed by atoms with Gasteiger partial charge in [-0.05, 0) is 37.3 Å². The molecule has 0 aromatic carbocycles. The van der Waals surface area contributed by atoms with Gasteiger partial charge in [0, 0.05) is 12.4 Å². The zero-order chi connectivity index (χ0) is 17.5. The molecule has 0 unspecified atom stereocenters. The van der Waals surface area contributed by atoms with Gasteiger partial charge in [0.05, 0.1) is 11.3 Å². The van der Waals surface area contributed by atoms with Crippen LogP contribution in [0.3, 0.4) is 0 Å². The van der Waals surface area contributed by atoms with E-state index >= 15 is 0 Å². The third kappa shape index (κ3) is 2.56. The molecule has 0 saturated carbocycles. The van der Waals surface area contributed by atoms with Gasteiger partial charge in [0.1, 0.15) is 17.3 Å². The highest BCUT2D eigenvalue weighted by Gasteiger charge is 2.26. The molecule has 9 heteroatoms. The Morgan fingerprint density at radius 1 is 1.04 bits per heavy atom. The summed E-state index contributed by atoms with van der Waals surface area (Å²) in [5.41, 5.74) is -0.954. The number of pyridine rings is 2. The lowest BCUT2D eigenvalue weighted by atomic mass is 10.2. The molecule has 0 fully saturated rings. The standard InChI is InChI=1S/C15H10F3N3O2S/c1-9-11(16)4-5-13(20-9)24(22,23)21-8-6-12(17)14(21)10-3-2-7-19-15(10)18/h2-8H,1H3. The van der Waals surface area contributed by atoms with E-state index in [2.05, 4.69) is 9.97 Å². The first-order chi connectivity index (χ1) is 11.3. The van der Waals surface area contributed by atoms with Crippen molar-refractivity contribution in [3.05, 3.63) is 66.0 Å². The van der Waals surface area contributed by atoms with Gasteiger partial charge in [-0.25, -0.2) is 22.7 Å². The molecule has 3 heterocycles. The molecular weight excluding hydrogens is 343 g/mol. The molecule has 124 valence electrons. The Labute approximate surface area is 135 Å². The van der Waals surface area contributed by atoms with Gasteiger partial charge < -0.3 is 0 Å². The Balaban J connectivity index is 2.24. The largest absolute Gasteiger partial charge is 0.285 e. The number of aryl methyl sites for hydroxylation is 1. The predicted molar refractivity (Wildman–Crippen MR) is 79.1 cm³/mol. The lowest BCUT2D eigenvalue weighted by molar-refractivity contribution is 0.572. The van der Waals surface area contributed by atoms with E-state index in [0.29, 0.717) is 3.97 Å². The molecule has 0 amide bonds. The van der Waals surface area contributed by atoms with Crippen molar-refractivity contribution in [3.63, 3.8) is 0 Å². The van der Waals surface area contributed by atoms with Crippen molar-refractivity contribution >= 4 is 10.0 Å². The van der Waals surface area contributed by atoms with Gasteiger partial charge >= 0.3 is 0 Å². The molecule has 0 aliphatic carbocycles. The summed E-state index contributed by atoms with van der Waals surface area (Å²) in [6.07, 6.45) is 2.09. The normalized spacial score (nSPS) is 11.7. The highest BCUT2D eigenvalue weighted by molar-refractivity contribution is 7.90. The molecule has 3 aromatic rings. The first-order valence-corrected chi connectivity index (χ1v) is 8.13. The summed E-state index contributed by atoms with van der Waals surface area (Å²) < 4.78 is 67.2. The van der Waals surface area contributed by atoms with Crippen molar-refractivity contribution in [1.29, 1.82) is 0 Å². The second-order valence-corrected chi connectivity index (χ2v) is 6.63. The van der Waals surface area contributed by atoms with Gasteiger partial charge in [-0.1, -0.05) is 0 Å². The maximum atomic E-state index is 14.1. The lowest BCUT2D eigenvalue weighted by Crippen LogP contribution is -2.16. The first kappa shape index (κ1) is 16.2. The summed E-state index contributed by atoms with van der Waals surface area (Å²) in [6, 6.07) is 5.34. The molecule has 0 aliphatic heterocycles. The lowest BCUT2D eigenvalue weighted by Gasteiger charge is -2.11. The minimum Gasteiger partial charge on any atom is -0.237 e. The van der Waals surface area contributed by atoms with Gasteiger partial charge in [-0.15, -0.1) is 0 Å². The molecule has 0 atom stereocenters. The van der Waals surface area contributed by atoms with Crippen molar-refractivity contribution < 1.29 is 21.6 Å². The summed E-state index contributed by atoms with van der Waals surface area (Å²) >= 11 is 0. The highest BCUT2D eigenvalue weighted by Crippen LogP contribution is 2.28. The zero-order valence-corrected chi connectivity index (χ0v) is 13.1. The number of halogens is 3. The van der Waals surface area contributed by atoms with Gasteiger partial charge in [0.2, 0.25) is 5.95 Å². The molecule has 0 spiro atoms.